The highest BCUT2D eigenvalue weighted by Crippen LogP contribution is 2.39. The number of carbonyl (C=O) groups is 4. The van der Waals surface area contributed by atoms with E-state index in [0.717, 1.165) is 15.6 Å². The topological polar surface area (TPSA) is 133 Å². The van der Waals surface area contributed by atoms with Crippen molar-refractivity contribution in [2.45, 2.75) is 64.6 Å². The molecule has 2 aliphatic heterocycles. The predicted octanol–water partition coefficient (Wildman–Crippen LogP) is 3.61. The minimum Gasteiger partial charge on any atom is -0.486 e. The molecule has 5 atom stereocenters. The third kappa shape index (κ3) is 7.76. The van der Waals surface area contributed by atoms with Crippen molar-refractivity contribution in [1.82, 2.24) is 0 Å². The van der Waals surface area contributed by atoms with Crippen LogP contribution in [-0.4, -0.2) is 68.1 Å². The molecule has 2 unspecified atom stereocenters. The molecule has 0 aliphatic carbocycles. The molecule has 0 radical (unpaired) electrons. The summed E-state index contributed by atoms with van der Waals surface area (Å²) in [5.41, 5.74) is 2.44. The van der Waals surface area contributed by atoms with Gasteiger partial charge < -0.3 is 33.2 Å². The normalized spacial score (nSPS) is 23.2. The van der Waals surface area contributed by atoms with Gasteiger partial charge in [0.05, 0.1) is 0 Å². The monoisotopic (exact) mass is 634 g/mol. The summed E-state index contributed by atoms with van der Waals surface area (Å²) in [4.78, 5) is 48.0. The second-order valence-electron chi connectivity index (χ2n) is 9.63. The second-order valence-corrected chi connectivity index (χ2v) is 10.5. The molecule has 2 heterocycles. The van der Waals surface area contributed by atoms with Gasteiger partial charge in [-0.25, -0.2) is 0 Å². The van der Waals surface area contributed by atoms with Crippen LogP contribution in [0.4, 0.5) is 0 Å². The minimum absolute atomic E-state index is 0.297. The number of fused-ring (bicyclic) bond motifs is 1. The summed E-state index contributed by atoms with van der Waals surface area (Å²) in [6.45, 7) is 5.48. The largest absolute Gasteiger partial charge is 0.486 e. The maximum atomic E-state index is 12.2. The van der Waals surface area contributed by atoms with Crippen LogP contribution in [0.5, 0.6) is 11.5 Å². The second kappa shape index (κ2) is 13.3. The van der Waals surface area contributed by atoms with E-state index in [9.17, 15) is 19.2 Å². The molecular formula is C29H31BrO11. The Labute approximate surface area is 245 Å². The molecule has 41 heavy (non-hydrogen) atoms. The molecule has 12 heteroatoms. The Morgan fingerprint density at radius 2 is 1.41 bits per heavy atom. The zero-order chi connectivity index (χ0) is 29.7. The van der Waals surface area contributed by atoms with Crippen molar-refractivity contribution in [3.63, 3.8) is 0 Å². The summed E-state index contributed by atoms with van der Waals surface area (Å²) in [5, 5.41) is 0. The molecule has 0 amide bonds. The van der Waals surface area contributed by atoms with Gasteiger partial charge in [0, 0.05) is 32.2 Å². The van der Waals surface area contributed by atoms with Gasteiger partial charge in [0.15, 0.2) is 29.8 Å². The summed E-state index contributed by atoms with van der Waals surface area (Å²) >= 11 is 3.61. The van der Waals surface area contributed by atoms with E-state index in [1.165, 1.54) is 27.7 Å². The first-order valence-corrected chi connectivity index (χ1v) is 13.8. The van der Waals surface area contributed by atoms with Gasteiger partial charge in [-0.1, -0.05) is 34.1 Å². The molecule has 0 aromatic heterocycles. The first kappa shape index (κ1) is 30.3. The number of hydrogen-bond acceptors (Lipinski definition) is 11. The van der Waals surface area contributed by atoms with Gasteiger partial charge in [-0.05, 0) is 41.3 Å². The fourth-order valence-electron chi connectivity index (χ4n) is 4.82. The van der Waals surface area contributed by atoms with Crippen molar-refractivity contribution in [2.75, 3.05) is 19.8 Å². The Kier molecular flexibility index (Phi) is 9.87. The molecule has 0 saturated carbocycles. The van der Waals surface area contributed by atoms with Crippen molar-refractivity contribution in [3.05, 3.63) is 57.6 Å². The predicted molar refractivity (Wildman–Crippen MR) is 145 cm³/mol. The van der Waals surface area contributed by atoms with Crippen LogP contribution in [0.1, 0.15) is 50.5 Å². The molecule has 0 bridgehead atoms. The summed E-state index contributed by atoms with van der Waals surface area (Å²) in [5.74, 6) is -1.26. The van der Waals surface area contributed by atoms with E-state index in [-0.39, 0.29) is 6.61 Å². The van der Waals surface area contributed by atoms with Crippen molar-refractivity contribution >= 4 is 39.8 Å². The van der Waals surface area contributed by atoms with Crippen LogP contribution in [0.2, 0.25) is 0 Å². The highest BCUT2D eigenvalue weighted by Gasteiger charge is 2.52. The van der Waals surface area contributed by atoms with Gasteiger partial charge in [-0.2, -0.15) is 0 Å². The molecular weight excluding hydrogens is 604 g/mol. The average molecular weight is 635 g/mol. The number of rotatable bonds is 8. The van der Waals surface area contributed by atoms with E-state index in [1.807, 2.05) is 30.3 Å². The Morgan fingerprint density at radius 1 is 0.780 bits per heavy atom. The number of esters is 4. The Morgan fingerprint density at radius 3 is 2.07 bits per heavy atom. The summed E-state index contributed by atoms with van der Waals surface area (Å²) < 4.78 is 40.3. The standard InChI is InChI=1S/C29H31BrO11/c1-15(31)37-14-25-27(38-16(2)32)29(40-18(4)34)28(39-17(3)33)26(41-25)20-6-7-22(30)21(13-20)11-19-5-8-23-24(12-19)36-10-9-35-23/h5-8,12-13,25-29H,9-11,14H2,1-4H3/t25-,26+,27?,28?,29+/m1/s1. The van der Waals surface area contributed by atoms with E-state index in [4.69, 9.17) is 33.2 Å². The van der Waals surface area contributed by atoms with Gasteiger partial charge >= 0.3 is 23.9 Å². The fourth-order valence-corrected chi connectivity index (χ4v) is 5.21. The molecule has 1 saturated heterocycles. The lowest BCUT2D eigenvalue weighted by Gasteiger charge is -2.44. The first-order valence-electron chi connectivity index (χ1n) is 13.0. The van der Waals surface area contributed by atoms with E-state index in [0.29, 0.717) is 36.7 Å². The average Bonchev–Trinajstić information content (AvgIpc) is 2.90. The van der Waals surface area contributed by atoms with Gasteiger partial charge in [0.25, 0.3) is 0 Å². The Hall–Kier alpha value is -3.64. The van der Waals surface area contributed by atoms with Crippen LogP contribution < -0.4 is 9.47 Å². The van der Waals surface area contributed by atoms with E-state index in [2.05, 4.69) is 15.9 Å². The number of ether oxygens (including phenoxy) is 7. The molecule has 220 valence electrons. The van der Waals surface area contributed by atoms with Crippen LogP contribution in [0.25, 0.3) is 0 Å². The van der Waals surface area contributed by atoms with Crippen LogP contribution >= 0.6 is 15.9 Å². The third-order valence-electron chi connectivity index (χ3n) is 6.39. The zero-order valence-corrected chi connectivity index (χ0v) is 24.6. The number of carbonyl (C=O) groups excluding carboxylic acids is 4. The van der Waals surface area contributed by atoms with Gasteiger partial charge in [0.2, 0.25) is 0 Å². The molecule has 2 aliphatic rings. The fraction of sp³-hybridized carbons (Fsp3) is 0.448. The maximum Gasteiger partial charge on any atom is 0.303 e. The molecule has 4 rings (SSSR count). The van der Waals surface area contributed by atoms with Crippen LogP contribution in [-0.2, 0) is 49.3 Å². The van der Waals surface area contributed by atoms with E-state index < -0.39 is 54.4 Å². The highest BCUT2D eigenvalue weighted by atomic mass is 79.9. The van der Waals surface area contributed by atoms with Crippen molar-refractivity contribution in [3.8, 4) is 11.5 Å². The molecule has 2 aromatic carbocycles. The summed E-state index contributed by atoms with van der Waals surface area (Å²) in [7, 11) is 0. The molecule has 0 N–H and O–H groups in total. The first-order chi connectivity index (χ1) is 19.5. The SMILES string of the molecule is CC(=O)OC[C@H]1O[C@@H](c2ccc(Br)c(Cc3ccc4c(c3)OCCO4)c2)C(OC(C)=O)[C@@H](OC(C)=O)C1OC(C)=O. The van der Waals surface area contributed by atoms with Crippen LogP contribution in [0, 0.1) is 0 Å². The highest BCUT2D eigenvalue weighted by molar-refractivity contribution is 9.10. The lowest BCUT2D eigenvalue weighted by molar-refractivity contribution is -0.254. The van der Waals surface area contributed by atoms with Gasteiger partial charge in [0.1, 0.15) is 32.0 Å². The lowest BCUT2D eigenvalue weighted by Crippen LogP contribution is -2.59. The molecule has 0 spiro atoms. The summed E-state index contributed by atoms with van der Waals surface area (Å²) in [6, 6.07) is 11.2. The van der Waals surface area contributed by atoms with E-state index in [1.54, 1.807) is 6.07 Å². The Bertz CT molecular complexity index is 1310. The minimum atomic E-state index is -1.25. The van der Waals surface area contributed by atoms with Gasteiger partial charge in [-0.3, -0.25) is 19.2 Å². The van der Waals surface area contributed by atoms with E-state index >= 15 is 0 Å². The van der Waals surface area contributed by atoms with Crippen molar-refractivity contribution in [1.29, 1.82) is 0 Å². The summed E-state index contributed by atoms with van der Waals surface area (Å²) in [6.07, 6.45) is -5.14. The van der Waals surface area contributed by atoms with Crippen molar-refractivity contribution in [2.24, 2.45) is 0 Å². The quantitative estimate of drug-likeness (QED) is 0.311. The van der Waals surface area contributed by atoms with Gasteiger partial charge in [-0.15, -0.1) is 0 Å². The third-order valence-corrected chi connectivity index (χ3v) is 7.16. The number of halogens is 1. The zero-order valence-electron chi connectivity index (χ0n) is 23.0. The van der Waals surface area contributed by atoms with Crippen LogP contribution in [0.15, 0.2) is 40.9 Å². The number of benzene rings is 2. The van der Waals surface area contributed by atoms with Crippen LogP contribution in [0.3, 0.4) is 0 Å². The van der Waals surface area contributed by atoms with Crippen molar-refractivity contribution < 1.29 is 52.3 Å². The smallest absolute Gasteiger partial charge is 0.303 e. The maximum absolute atomic E-state index is 12.2. The molecule has 1 fully saturated rings. The molecule has 11 nitrogen and oxygen atoms in total. The lowest BCUT2D eigenvalue weighted by atomic mass is 9.89. The molecule has 2 aromatic rings. The Balaban J connectivity index is 1.72. The number of hydrogen-bond donors (Lipinski definition) is 0.